The zero-order chi connectivity index (χ0) is 12.7. The minimum atomic E-state index is -0.0336. The molecule has 3 rings (SSSR count). The van der Waals surface area contributed by atoms with Crippen LogP contribution in [0.4, 0.5) is 0 Å². The van der Waals surface area contributed by atoms with Gasteiger partial charge in [0.25, 0.3) is 0 Å². The van der Waals surface area contributed by atoms with Crippen LogP contribution < -0.4 is 0 Å². The number of nitrogens with zero attached hydrogens (tertiary/aromatic N) is 2. The fourth-order valence-electron chi connectivity index (χ4n) is 1.94. The van der Waals surface area contributed by atoms with E-state index in [1.807, 2.05) is 42.8 Å². The monoisotopic (exact) mass is 320 g/mol. The quantitative estimate of drug-likeness (QED) is 0.676. The summed E-state index contributed by atoms with van der Waals surface area (Å²) in [6.45, 7) is 0. The zero-order valence-electron chi connectivity index (χ0n) is 9.55. The molecule has 90 valence electrons. The molecule has 2 heterocycles. The molecule has 0 radical (unpaired) electrons. The van der Waals surface area contributed by atoms with Gasteiger partial charge in [-0.1, -0.05) is 18.2 Å². The van der Waals surface area contributed by atoms with Crippen LogP contribution in [-0.2, 0) is 7.05 Å². The first-order chi connectivity index (χ1) is 8.68. The Bertz CT molecular complexity index is 744. The van der Waals surface area contributed by atoms with Crippen molar-refractivity contribution in [3.63, 3.8) is 0 Å². The normalized spacial score (nSPS) is 11.0. The molecule has 0 saturated carbocycles. The fourth-order valence-corrected chi connectivity index (χ4v) is 3.44. The van der Waals surface area contributed by atoms with E-state index in [1.165, 1.54) is 11.3 Å². The number of para-hydroxylation sites is 1. The molecule has 0 aliphatic carbocycles. The Morgan fingerprint density at radius 3 is 2.83 bits per heavy atom. The molecule has 0 atom stereocenters. The van der Waals surface area contributed by atoms with Crippen molar-refractivity contribution in [2.24, 2.45) is 7.05 Å². The van der Waals surface area contributed by atoms with E-state index in [0.717, 1.165) is 15.4 Å². The number of aromatic nitrogens is 2. The SMILES string of the molecule is Cn1nc(C(=O)c2sccc2Br)c2ccccc21. The summed E-state index contributed by atoms with van der Waals surface area (Å²) in [5, 5.41) is 7.12. The van der Waals surface area contributed by atoms with E-state index in [2.05, 4.69) is 21.0 Å². The molecule has 5 heteroatoms. The van der Waals surface area contributed by atoms with E-state index in [1.54, 1.807) is 4.68 Å². The van der Waals surface area contributed by atoms with E-state index < -0.39 is 0 Å². The summed E-state index contributed by atoms with van der Waals surface area (Å²) >= 11 is 4.81. The fraction of sp³-hybridized carbons (Fsp3) is 0.0769. The van der Waals surface area contributed by atoms with Crippen LogP contribution in [0.2, 0.25) is 0 Å². The Morgan fingerprint density at radius 2 is 2.11 bits per heavy atom. The third kappa shape index (κ3) is 1.71. The van der Waals surface area contributed by atoms with Crippen LogP contribution in [0.25, 0.3) is 10.9 Å². The Hall–Kier alpha value is -1.46. The highest BCUT2D eigenvalue weighted by Crippen LogP contribution is 2.27. The van der Waals surface area contributed by atoms with Crippen molar-refractivity contribution in [3.05, 3.63) is 50.8 Å². The highest BCUT2D eigenvalue weighted by molar-refractivity contribution is 9.10. The van der Waals surface area contributed by atoms with E-state index in [4.69, 9.17) is 0 Å². The van der Waals surface area contributed by atoms with Gasteiger partial charge < -0.3 is 0 Å². The van der Waals surface area contributed by atoms with Crippen LogP contribution >= 0.6 is 27.3 Å². The minimum absolute atomic E-state index is 0.0336. The summed E-state index contributed by atoms with van der Waals surface area (Å²) in [6, 6.07) is 9.63. The van der Waals surface area contributed by atoms with E-state index in [0.29, 0.717) is 10.6 Å². The Balaban J connectivity index is 2.21. The summed E-state index contributed by atoms with van der Waals surface area (Å²) in [7, 11) is 1.85. The van der Waals surface area contributed by atoms with E-state index in [9.17, 15) is 4.79 Å². The molecular formula is C13H9BrN2OS. The van der Waals surface area contributed by atoms with Gasteiger partial charge in [0.2, 0.25) is 5.78 Å². The van der Waals surface area contributed by atoms with Crippen molar-refractivity contribution in [3.8, 4) is 0 Å². The number of ketones is 1. The van der Waals surface area contributed by atoms with Crippen molar-refractivity contribution in [2.45, 2.75) is 0 Å². The number of carbonyl (C=O) groups excluding carboxylic acids is 1. The Morgan fingerprint density at radius 1 is 1.33 bits per heavy atom. The zero-order valence-corrected chi connectivity index (χ0v) is 12.0. The molecule has 0 bridgehead atoms. The summed E-state index contributed by atoms with van der Waals surface area (Å²) in [5.74, 6) is -0.0336. The van der Waals surface area contributed by atoms with Crippen LogP contribution in [0.5, 0.6) is 0 Å². The van der Waals surface area contributed by atoms with Gasteiger partial charge in [0.15, 0.2) is 0 Å². The number of carbonyl (C=O) groups is 1. The topological polar surface area (TPSA) is 34.9 Å². The van der Waals surface area contributed by atoms with E-state index in [-0.39, 0.29) is 5.78 Å². The predicted molar refractivity (Wildman–Crippen MR) is 76.2 cm³/mol. The number of hydrogen-bond acceptors (Lipinski definition) is 3. The number of thiophene rings is 1. The number of hydrogen-bond donors (Lipinski definition) is 0. The molecule has 18 heavy (non-hydrogen) atoms. The second-order valence-electron chi connectivity index (χ2n) is 3.92. The molecule has 0 amide bonds. The molecule has 0 unspecified atom stereocenters. The average molecular weight is 321 g/mol. The van der Waals surface area contributed by atoms with Gasteiger partial charge in [-0.3, -0.25) is 9.48 Å². The lowest BCUT2D eigenvalue weighted by Crippen LogP contribution is -2.02. The lowest BCUT2D eigenvalue weighted by atomic mass is 10.1. The minimum Gasteiger partial charge on any atom is -0.286 e. The smallest absolute Gasteiger partial charge is 0.224 e. The predicted octanol–water partition coefficient (Wildman–Crippen LogP) is 3.63. The van der Waals surface area contributed by atoms with Crippen LogP contribution in [-0.4, -0.2) is 15.6 Å². The molecule has 2 aromatic heterocycles. The standard InChI is InChI=1S/C13H9BrN2OS/c1-16-10-5-3-2-4-8(10)11(15-16)12(17)13-9(14)6-7-18-13/h2-7H,1H3. The van der Waals surface area contributed by atoms with Crippen molar-refractivity contribution >= 4 is 44.0 Å². The lowest BCUT2D eigenvalue weighted by molar-refractivity contribution is 0.103. The van der Waals surface area contributed by atoms with Gasteiger partial charge in [-0.2, -0.15) is 5.10 Å². The van der Waals surface area contributed by atoms with Gasteiger partial charge in [0, 0.05) is 16.9 Å². The van der Waals surface area contributed by atoms with Crippen LogP contribution in [0.1, 0.15) is 15.4 Å². The molecule has 1 aromatic carbocycles. The third-order valence-electron chi connectivity index (χ3n) is 2.80. The average Bonchev–Trinajstić information content (AvgIpc) is 2.94. The highest BCUT2D eigenvalue weighted by atomic mass is 79.9. The summed E-state index contributed by atoms with van der Waals surface area (Å²) in [6.07, 6.45) is 0. The summed E-state index contributed by atoms with van der Waals surface area (Å²) < 4.78 is 2.57. The largest absolute Gasteiger partial charge is 0.286 e. The van der Waals surface area contributed by atoms with Crippen molar-refractivity contribution < 1.29 is 4.79 Å². The van der Waals surface area contributed by atoms with Gasteiger partial charge in [-0.15, -0.1) is 11.3 Å². The number of halogens is 1. The van der Waals surface area contributed by atoms with Crippen LogP contribution in [0.15, 0.2) is 40.2 Å². The van der Waals surface area contributed by atoms with Crippen LogP contribution in [0.3, 0.4) is 0 Å². The lowest BCUT2D eigenvalue weighted by Gasteiger charge is -1.95. The summed E-state index contributed by atoms with van der Waals surface area (Å²) in [4.78, 5) is 13.2. The maximum Gasteiger partial charge on any atom is 0.224 e. The first-order valence-electron chi connectivity index (χ1n) is 5.38. The second kappa shape index (κ2) is 4.33. The molecule has 3 nitrogen and oxygen atoms in total. The van der Waals surface area contributed by atoms with Crippen molar-refractivity contribution in [2.75, 3.05) is 0 Å². The van der Waals surface area contributed by atoms with Gasteiger partial charge in [-0.05, 0) is 33.4 Å². The van der Waals surface area contributed by atoms with Crippen molar-refractivity contribution in [1.82, 2.24) is 9.78 Å². The number of benzene rings is 1. The highest BCUT2D eigenvalue weighted by Gasteiger charge is 2.20. The Kier molecular flexibility index (Phi) is 2.80. The molecule has 0 N–H and O–H groups in total. The first-order valence-corrected chi connectivity index (χ1v) is 7.05. The second-order valence-corrected chi connectivity index (χ2v) is 5.69. The molecule has 0 fully saturated rings. The van der Waals surface area contributed by atoms with Gasteiger partial charge in [-0.25, -0.2) is 0 Å². The molecule has 0 aliphatic rings. The molecule has 0 aliphatic heterocycles. The molecule has 0 saturated heterocycles. The summed E-state index contributed by atoms with van der Waals surface area (Å²) in [5.41, 5.74) is 1.48. The van der Waals surface area contributed by atoms with Crippen LogP contribution in [0, 0.1) is 0 Å². The van der Waals surface area contributed by atoms with Crippen molar-refractivity contribution in [1.29, 1.82) is 0 Å². The number of fused-ring (bicyclic) bond motifs is 1. The maximum atomic E-state index is 12.5. The van der Waals surface area contributed by atoms with E-state index >= 15 is 0 Å². The Labute approximate surface area is 116 Å². The number of rotatable bonds is 2. The molecule has 3 aromatic rings. The van der Waals surface area contributed by atoms with Gasteiger partial charge >= 0.3 is 0 Å². The van der Waals surface area contributed by atoms with Gasteiger partial charge in [0.1, 0.15) is 5.69 Å². The maximum absolute atomic E-state index is 12.5. The van der Waals surface area contributed by atoms with Gasteiger partial charge in [0.05, 0.1) is 10.4 Å². The molecular weight excluding hydrogens is 312 g/mol. The molecule has 0 spiro atoms. The number of aryl methyl sites for hydroxylation is 1. The first kappa shape index (κ1) is 11.6. The third-order valence-corrected chi connectivity index (χ3v) is 4.63.